The molecular weight excluding hydrogens is 425 g/mol. The standard InChI is InChI=1S/C21H15Cl2N5O2/c1-24-13-8-14(23)19-16(9-13)27-20(28-19)18-15(5-6-25-21(18)30)26-10-17(29)11-3-2-4-12(22)7-11/h2-9,17,29H,10H2,(H,27,28)(H2,25,26,30). The van der Waals surface area contributed by atoms with Crippen LogP contribution in [0.25, 0.3) is 27.3 Å². The maximum atomic E-state index is 12.6. The number of aromatic amines is 2. The van der Waals surface area contributed by atoms with Gasteiger partial charge in [0.15, 0.2) is 5.69 Å². The molecule has 9 heteroatoms. The van der Waals surface area contributed by atoms with Gasteiger partial charge in [0.2, 0.25) is 0 Å². The highest BCUT2D eigenvalue weighted by Crippen LogP contribution is 2.31. The van der Waals surface area contributed by atoms with Crippen molar-refractivity contribution in [2.24, 2.45) is 0 Å². The van der Waals surface area contributed by atoms with Gasteiger partial charge >= 0.3 is 0 Å². The first-order valence-corrected chi connectivity index (χ1v) is 9.68. The van der Waals surface area contributed by atoms with E-state index in [1.165, 1.54) is 12.3 Å². The molecule has 4 N–H and O–H groups in total. The van der Waals surface area contributed by atoms with Gasteiger partial charge in [-0.1, -0.05) is 35.3 Å². The summed E-state index contributed by atoms with van der Waals surface area (Å²) >= 11 is 12.2. The Balaban J connectivity index is 1.69. The maximum absolute atomic E-state index is 12.6. The van der Waals surface area contributed by atoms with Gasteiger partial charge in [0.1, 0.15) is 16.9 Å². The third-order valence-corrected chi connectivity index (χ3v) is 5.09. The lowest BCUT2D eigenvalue weighted by Crippen LogP contribution is -2.17. The van der Waals surface area contributed by atoms with Crippen LogP contribution in [0.1, 0.15) is 11.7 Å². The number of H-pyrrole nitrogens is 2. The van der Waals surface area contributed by atoms with Crippen LogP contribution in [0.5, 0.6) is 0 Å². The number of fused-ring (bicyclic) bond motifs is 1. The number of anilines is 1. The van der Waals surface area contributed by atoms with E-state index in [4.69, 9.17) is 29.8 Å². The van der Waals surface area contributed by atoms with Gasteiger partial charge in [-0.2, -0.15) is 0 Å². The van der Waals surface area contributed by atoms with Crippen LogP contribution in [0.3, 0.4) is 0 Å². The second-order valence-electron chi connectivity index (χ2n) is 6.57. The number of imidazole rings is 1. The van der Waals surface area contributed by atoms with Crippen LogP contribution in [0.2, 0.25) is 10.0 Å². The summed E-state index contributed by atoms with van der Waals surface area (Å²) in [6, 6.07) is 11.8. The third-order valence-electron chi connectivity index (χ3n) is 4.57. The van der Waals surface area contributed by atoms with E-state index in [0.29, 0.717) is 43.8 Å². The molecule has 2 aromatic heterocycles. The molecule has 0 radical (unpaired) electrons. The predicted molar refractivity (Wildman–Crippen MR) is 118 cm³/mol. The van der Waals surface area contributed by atoms with Crippen LogP contribution in [0.4, 0.5) is 11.4 Å². The molecule has 0 aliphatic heterocycles. The van der Waals surface area contributed by atoms with Crippen molar-refractivity contribution in [1.29, 1.82) is 0 Å². The van der Waals surface area contributed by atoms with Crippen molar-refractivity contribution < 1.29 is 5.11 Å². The van der Waals surface area contributed by atoms with Crippen molar-refractivity contribution in [3.63, 3.8) is 0 Å². The summed E-state index contributed by atoms with van der Waals surface area (Å²) in [5, 5.41) is 14.4. The highest BCUT2D eigenvalue weighted by atomic mass is 35.5. The molecule has 4 aromatic rings. The zero-order chi connectivity index (χ0) is 21.3. The normalized spacial score (nSPS) is 11.9. The number of aliphatic hydroxyl groups is 1. The predicted octanol–water partition coefficient (Wildman–Crippen LogP) is 4.92. The molecular formula is C21H15Cl2N5O2. The molecule has 0 aliphatic carbocycles. The zero-order valence-electron chi connectivity index (χ0n) is 15.4. The summed E-state index contributed by atoms with van der Waals surface area (Å²) < 4.78 is 0. The van der Waals surface area contributed by atoms with Crippen molar-refractivity contribution in [3.8, 4) is 11.4 Å². The second kappa shape index (κ2) is 8.20. The van der Waals surface area contributed by atoms with Crippen molar-refractivity contribution >= 4 is 45.6 Å². The number of aliphatic hydroxyl groups excluding tert-OH is 1. The molecule has 0 saturated heterocycles. The molecule has 1 unspecified atom stereocenters. The molecule has 0 spiro atoms. The highest BCUT2D eigenvalue weighted by Gasteiger charge is 2.17. The minimum absolute atomic E-state index is 0.152. The van der Waals surface area contributed by atoms with E-state index < -0.39 is 6.10 Å². The average Bonchev–Trinajstić information content (AvgIpc) is 3.16. The summed E-state index contributed by atoms with van der Waals surface area (Å²) in [6.07, 6.45) is 0.675. The number of rotatable bonds is 5. The van der Waals surface area contributed by atoms with Gasteiger partial charge in [0, 0.05) is 17.8 Å². The third kappa shape index (κ3) is 3.89. The van der Waals surface area contributed by atoms with Gasteiger partial charge < -0.3 is 20.4 Å². The van der Waals surface area contributed by atoms with Gasteiger partial charge in [-0.25, -0.2) is 9.83 Å². The quantitative estimate of drug-likeness (QED) is 0.331. The average molecular weight is 440 g/mol. The highest BCUT2D eigenvalue weighted by molar-refractivity contribution is 6.35. The van der Waals surface area contributed by atoms with Crippen molar-refractivity contribution in [3.05, 3.63) is 86.0 Å². The smallest absolute Gasteiger partial charge is 0.261 e. The Bertz CT molecular complexity index is 1340. The number of aromatic nitrogens is 3. The first-order chi connectivity index (χ1) is 14.5. The topological polar surface area (TPSA) is 98.2 Å². The molecule has 2 aromatic carbocycles. The van der Waals surface area contributed by atoms with E-state index in [0.717, 1.165) is 0 Å². The minimum atomic E-state index is -0.831. The van der Waals surface area contributed by atoms with Crippen molar-refractivity contribution in [2.75, 3.05) is 11.9 Å². The Morgan fingerprint density at radius 3 is 2.83 bits per heavy atom. The molecule has 2 heterocycles. The lowest BCUT2D eigenvalue weighted by molar-refractivity contribution is 0.191. The fourth-order valence-electron chi connectivity index (χ4n) is 3.14. The summed E-state index contributed by atoms with van der Waals surface area (Å²) in [5.74, 6) is 0.302. The summed E-state index contributed by atoms with van der Waals surface area (Å²) in [5.41, 5.74) is 2.44. The number of halogens is 2. The molecule has 0 fully saturated rings. The van der Waals surface area contributed by atoms with Crippen molar-refractivity contribution in [2.45, 2.75) is 6.10 Å². The summed E-state index contributed by atoms with van der Waals surface area (Å²) in [7, 11) is 0. The first-order valence-electron chi connectivity index (χ1n) is 8.92. The van der Waals surface area contributed by atoms with Crippen LogP contribution in [-0.2, 0) is 0 Å². The fourth-order valence-corrected chi connectivity index (χ4v) is 3.60. The Morgan fingerprint density at radius 1 is 1.23 bits per heavy atom. The number of nitrogens with one attached hydrogen (secondary N) is 3. The van der Waals surface area contributed by atoms with Gasteiger partial charge in [-0.05, 0) is 35.9 Å². The number of hydrogen-bond donors (Lipinski definition) is 4. The van der Waals surface area contributed by atoms with E-state index in [1.807, 2.05) is 0 Å². The van der Waals surface area contributed by atoms with Gasteiger partial charge in [-0.3, -0.25) is 4.79 Å². The largest absolute Gasteiger partial charge is 0.387 e. The molecule has 4 rings (SSSR count). The van der Waals surface area contributed by atoms with Crippen LogP contribution >= 0.6 is 23.2 Å². The molecule has 0 saturated carbocycles. The minimum Gasteiger partial charge on any atom is -0.387 e. The van der Waals surface area contributed by atoms with E-state index in [2.05, 4.69) is 25.1 Å². The Labute approximate surface area is 181 Å². The van der Waals surface area contributed by atoms with Gasteiger partial charge in [-0.15, -0.1) is 0 Å². The molecule has 150 valence electrons. The van der Waals surface area contributed by atoms with Crippen LogP contribution in [0, 0.1) is 6.57 Å². The number of benzene rings is 2. The molecule has 1 atom stereocenters. The number of hydrogen-bond acceptors (Lipinski definition) is 4. The molecule has 0 amide bonds. The summed E-state index contributed by atoms with van der Waals surface area (Å²) in [6.45, 7) is 7.32. The SMILES string of the molecule is [C-]#[N+]c1cc(Cl)c2nc(-c3c(NCC(O)c4cccc(Cl)c4)cc[nH]c3=O)[nH]c2c1. The van der Waals surface area contributed by atoms with E-state index in [-0.39, 0.29) is 17.7 Å². The maximum Gasteiger partial charge on any atom is 0.261 e. The molecule has 30 heavy (non-hydrogen) atoms. The Morgan fingerprint density at radius 2 is 2.07 bits per heavy atom. The van der Waals surface area contributed by atoms with E-state index in [1.54, 1.807) is 36.4 Å². The second-order valence-corrected chi connectivity index (χ2v) is 7.41. The first kappa shape index (κ1) is 20.0. The van der Waals surface area contributed by atoms with Crippen LogP contribution in [-0.4, -0.2) is 26.6 Å². The van der Waals surface area contributed by atoms with Crippen LogP contribution in [0.15, 0.2) is 53.5 Å². The lowest BCUT2D eigenvalue weighted by Gasteiger charge is -2.15. The zero-order valence-corrected chi connectivity index (χ0v) is 16.9. The molecule has 0 aliphatic rings. The van der Waals surface area contributed by atoms with Crippen LogP contribution < -0.4 is 10.9 Å². The summed E-state index contributed by atoms with van der Waals surface area (Å²) in [4.78, 5) is 26.1. The molecule has 7 nitrogen and oxygen atoms in total. The monoisotopic (exact) mass is 439 g/mol. The lowest BCUT2D eigenvalue weighted by atomic mass is 10.1. The number of nitrogens with zero attached hydrogens (tertiary/aromatic N) is 2. The molecule has 0 bridgehead atoms. The van der Waals surface area contributed by atoms with E-state index >= 15 is 0 Å². The number of pyridine rings is 1. The Hall–Kier alpha value is -3.31. The fraction of sp³-hybridized carbons (Fsp3) is 0.0952. The van der Waals surface area contributed by atoms with E-state index in [9.17, 15) is 9.90 Å². The van der Waals surface area contributed by atoms with Gasteiger partial charge in [0.05, 0.1) is 28.9 Å². The van der Waals surface area contributed by atoms with Gasteiger partial charge in [0.25, 0.3) is 5.56 Å². The van der Waals surface area contributed by atoms with Crippen molar-refractivity contribution in [1.82, 2.24) is 15.0 Å². The Kier molecular flexibility index (Phi) is 5.46.